The molecule has 0 aliphatic carbocycles. The maximum Gasteiger partial charge on any atom is 0.0702 e. The Morgan fingerprint density at radius 1 is 0.611 bits per heavy atom. The van der Waals surface area contributed by atoms with Gasteiger partial charge < -0.3 is 0 Å². The van der Waals surface area contributed by atoms with E-state index in [9.17, 15) is 0 Å². The molecule has 0 saturated carbocycles. The average Bonchev–Trinajstić information content (AvgIpc) is 2.49. The zero-order valence-electron chi connectivity index (χ0n) is 9.82. The van der Waals surface area contributed by atoms with Crippen molar-refractivity contribution in [2.45, 2.75) is 0 Å². The van der Waals surface area contributed by atoms with Gasteiger partial charge in [0.2, 0.25) is 0 Å². The van der Waals surface area contributed by atoms with E-state index in [2.05, 4.69) is 34.2 Å². The van der Waals surface area contributed by atoms with Crippen LogP contribution in [-0.4, -0.2) is 9.97 Å². The third-order valence-corrected chi connectivity index (χ3v) is 2.84. The highest BCUT2D eigenvalue weighted by Crippen LogP contribution is 2.24. The summed E-state index contributed by atoms with van der Waals surface area (Å²) < 4.78 is 0. The fourth-order valence-electron chi connectivity index (χ4n) is 1.94. The Kier molecular flexibility index (Phi) is 2.84. The molecular weight excluding hydrogens is 220 g/mol. The molecule has 2 aromatic heterocycles. The first-order valence-corrected chi connectivity index (χ1v) is 5.85. The lowest BCUT2D eigenvalue weighted by molar-refractivity contribution is 1.32. The van der Waals surface area contributed by atoms with Crippen LogP contribution in [0.4, 0.5) is 0 Å². The Morgan fingerprint density at radius 2 is 1.44 bits per heavy atom. The lowest BCUT2D eigenvalue weighted by Gasteiger charge is -2.04. The number of hydrogen-bond donors (Lipinski definition) is 0. The van der Waals surface area contributed by atoms with E-state index in [1.54, 1.807) is 0 Å². The summed E-state index contributed by atoms with van der Waals surface area (Å²) in [4.78, 5) is 8.41. The molecule has 2 heterocycles. The van der Waals surface area contributed by atoms with Crippen molar-refractivity contribution in [1.82, 2.24) is 9.97 Å². The minimum Gasteiger partial charge on any atom is -0.265 e. The van der Waals surface area contributed by atoms with Crippen LogP contribution in [0.5, 0.6) is 0 Å². The summed E-state index contributed by atoms with van der Waals surface area (Å²) in [5.74, 6) is 0. The van der Waals surface area contributed by atoms with Crippen molar-refractivity contribution in [3.63, 3.8) is 0 Å². The second-order valence-electron chi connectivity index (χ2n) is 4.03. The van der Waals surface area contributed by atoms with Gasteiger partial charge in [-0.2, -0.15) is 0 Å². The van der Waals surface area contributed by atoms with Gasteiger partial charge in [0.25, 0.3) is 0 Å². The fraction of sp³-hybridized carbons (Fsp3) is 0. The van der Waals surface area contributed by atoms with Gasteiger partial charge in [0.15, 0.2) is 0 Å². The van der Waals surface area contributed by atoms with Gasteiger partial charge >= 0.3 is 0 Å². The summed E-state index contributed by atoms with van der Waals surface area (Å²) in [6, 6.07) is 18.4. The van der Waals surface area contributed by atoms with E-state index in [1.807, 2.05) is 48.9 Å². The average molecular weight is 232 g/mol. The molecule has 0 saturated heterocycles. The molecule has 0 aliphatic heterocycles. The van der Waals surface area contributed by atoms with Crippen LogP contribution in [0.2, 0.25) is 0 Å². The summed E-state index contributed by atoms with van der Waals surface area (Å²) >= 11 is 0. The molecule has 0 N–H and O–H groups in total. The van der Waals surface area contributed by atoms with E-state index in [1.165, 1.54) is 11.1 Å². The van der Waals surface area contributed by atoms with Gasteiger partial charge in [0.1, 0.15) is 0 Å². The predicted molar refractivity (Wildman–Crippen MR) is 72.9 cm³/mol. The quantitative estimate of drug-likeness (QED) is 0.671. The minimum absolute atomic E-state index is 0.994. The number of benzene rings is 1. The van der Waals surface area contributed by atoms with Crippen molar-refractivity contribution in [3.05, 3.63) is 73.2 Å². The largest absolute Gasteiger partial charge is 0.265 e. The Morgan fingerprint density at radius 3 is 2.22 bits per heavy atom. The molecule has 0 spiro atoms. The Hall–Kier alpha value is -2.48. The molecule has 0 aliphatic rings. The summed E-state index contributed by atoms with van der Waals surface area (Å²) in [6.45, 7) is 0. The SMILES string of the molecule is c1ccc(-c2cccc(-c3ccncc3)c2)nc1. The Balaban J connectivity index is 2.05. The maximum atomic E-state index is 4.37. The van der Waals surface area contributed by atoms with E-state index >= 15 is 0 Å². The van der Waals surface area contributed by atoms with Gasteiger partial charge in [0, 0.05) is 24.2 Å². The van der Waals surface area contributed by atoms with Crippen LogP contribution in [0.15, 0.2) is 73.2 Å². The third kappa shape index (κ3) is 2.13. The molecule has 3 rings (SSSR count). The topological polar surface area (TPSA) is 25.8 Å². The molecule has 0 unspecified atom stereocenters. The van der Waals surface area contributed by atoms with Gasteiger partial charge in [-0.25, -0.2) is 0 Å². The monoisotopic (exact) mass is 232 g/mol. The van der Waals surface area contributed by atoms with Crippen molar-refractivity contribution in [2.24, 2.45) is 0 Å². The van der Waals surface area contributed by atoms with E-state index in [-0.39, 0.29) is 0 Å². The number of pyridine rings is 2. The Labute approximate surface area is 106 Å². The van der Waals surface area contributed by atoms with Crippen LogP contribution in [-0.2, 0) is 0 Å². The van der Waals surface area contributed by atoms with Gasteiger partial charge in [-0.15, -0.1) is 0 Å². The van der Waals surface area contributed by atoms with Crippen LogP contribution in [0.25, 0.3) is 22.4 Å². The first-order chi connectivity index (χ1) is 8.93. The van der Waals surface area contributed by atoms with Crippen LogP contribution >= 0.6 is 0 Å². The fourth-order valence-corrected chi connectivity index (χ4v) is 1.94. The summed E-state index contributed by atoms with van der Waals surface area (Å²) in [7, 11) is 0. The third-order valence-electron chi connectivity index (χ3n) is 2.84. The number of nitrogens with zero attached hydrogens (tertiary/aromatic N) is 2. The smallest absolute Gasteiger partial charge is 0.0702 e. The number of aromatic nitrogens is 2. The highest BCUT2D eigenvalue weighted by molar-refractivity contribution is 5.70. The second kappa shape index (κ2) is 4.80. The second-order valence-corrected chi connectivity index (χ2v) is 4.03. The first kappa shape index (κ1) is 10.7. The van der Waals surface area contributed by atoms with Crippen LogP contribution < -0.4 is 0 Å². The molecule has 0 fully saturated rings. The van der Waals surface area contributed by atoms with Crippen LogP contribution in [0.1, 0.15) is 0 Å². The summed E-state index contributed by atoms with van der Waals surface area (Å²) in [6.07, 6.45) is 5.43. The molecule has 2 heteroatoms. The highest BCUT2D eigenvalue weighted by atomic mass is 14.7. The lowest BCUT2D eigenvalue weighted by atomic mass is 10.0. The van der Waals surface area contributed by atoms with Gasteiger partial charge in [-0.3, -0.25) is 9.97 Å². The maximum absolute atomic E-state index is 4.37. The molecule has 2 nitrogen and oxygen atoms in total. The number of hydrogen-bond acceptors (Lipinski definition) is 2. The van der Waals surface area contributed by atoms with E-state index < -0.39 is 0 Å². The lowest BCUT2D eigenvalue weighted by Crippen LogP contribution is -1.83. The molecule has 1 aromatic carbocycles. The molecule has 0 radical (unpaired) electrons. The van der Waals surface area contributed by atoms with E-state index in [0.29, 0.717) is 0 Å². The molecule has 3 aromatic rings. The molecule has 18 heavy (non-hydrogen) atoms. The van der Waals surface area contributed by atoms with Gasteiger partial charge in [0.05, 0.1) is 5.69 Å². The molecule has 86 valence electrons. The molecule has 0 amide bonds. The predicted octanol–water partition coefficient (Wildman–Crippen LogP) is 3.81. The normalized spacial score (nSPS) is 10.2. The Bertz CT molecular complexity index is 579. The molecule has 0 bridgehead atoms. The summed E-state index contributed by atoms with van der Waals surface area (Å²) in [5, 5.41) is 0. The van der Waals surface area contributed by atoms with Gasteiger partial charge in [-0.1, -0.05) is 24.3 Å². The van der Waals surface area contributed by atoms with Crippen molar-refractivity contribution in [2.75, 3.05) is 0 Å². The van der Waals surface area contributed by atoms with E-state index in [0.717, 1.165) is 11.3 Å². The standard InChI is InChI=1S/C16H12N2/c1-2-9-18-16(6-1)15-5-3-4-14(12-15)13-7-10-17-11-8-13/h1-12H. The van der Waals surface area contributed by atoms with Gasteiger partial charge in [-0.05, 0) is 41.5 Å². The van der Waals surface area contributed by atoms with Crippen molar-refractivity contribution >= 4 is 0 Å². The molecule has 0 atom stereocenters. The van der Waals surface area contributed by atoms with Crippen LogP contribution in [0, 0.1) is 0 Å². The zero-order valence-corrected chi connectivity index (χ0v) is 9.82. The molecular formula is C16H12N2. The van der Waals surface area contributed by atoms with Crippen LogP contribution in [0.3, 0.4) is 0 Å². The van der Waals surface area contributed by atoms with Crippen molar-refractivity contribution < 1.29 is 0 Å². The summed E-state index contributed by atoms with van der Waals surface area (Å²) in [5.41, 5.74) is 4.47. The highest BCUT2D eigenvalue weighted by Gasteiger charge is 2.01. The van der Waals surface area contributed by atoms with E-state index in [4.69, 9.17) is 0 Å². The number of rotatable bonds is 2. The first-order valence-electron chi connectivity index (χ1n) is 5.85. The minimum atomic E-state index is 0.994. The van der Waals surface area contributed by atoms with Crippen molar-refractivity contribution in [3.8, 4) is 22.4 Å². The van der Waals surface area contributed by atoms with Crippen molar-refractivity contribution in [1.29, 1.82) is 0 Å². The zero-order chi connectivity index (χ0) is 12.2.